The zero-order valence-electron chi connectivity index (χ0n) is 35.9. The summed E-state index contributed by atoms with van der Waals surface area (Å²) < 4.78 is 54.9. The lowest BCUT2D eigenvalue weighted by molar-refractivity contribution is -0.304. The van der Waals surface area contributed by atoms with Crippen LogP contribution in [0.3, 0.4) is 0 Å². The van der Waals surface area contributed by atoms with Crippen molar-refractivity contribution in [2.75, 3.05) is 48.1 Å². The Morgan fingerprint density at radius 3 is 2.21 bits per heavy atom. The van der Waals surface area contributed by atoms with Gasteiger partial charge in [0.1, 0.15) is 37.1 Å². The molecule has 0 amide bonds. The van der Waals surface area contributed by atoms with Crippen LogP contribution < -0.4 is 0 Å². The Bertz CT molecular complexity index is 1420. The van der Waals surface area contributed by atoms with E-state index in [1.807, 2.05) is 52.0 Å². The highest BCUT2D eigenvalue weighted by atomic mass is 16.7. The Balaban J connectivity index is 1.72. The summed E-state index contributed by atoms with van der Waals surface area (Å²) in [5, 5.41) is 33.2. The molecule has 330 valence electrons. The Morgan fingerprint density at radius 2 is 1.53 bits per heavy atom. The van der Waals surface area contributed by atoms with Gasteiger partial charge >= 0.3 is 5.97 Å². The second-order valence-corrected chi connectivity index (χ2v) is 16.3. The summed E-state index contributed by atoms with van der Waals surface area (Å²) in [6.07, 6.45) is 2.95. The molecule has 0 aromatic heterocycles. The predicted molar refractivity (Wildman–Crippen MR) is 213 cm³/mol. The first-order valence-electron chi connectivity index (χ1n) is 20.6. The molecule has 0 radical (unpaired) electrons. The van der Waals surface area contributed by atoms with E-state index in [2.05, 4.69) is 0 Å². The number of ketones is 1. The van der Waals surface area contributed by atoms with Crippen LogP contribution in [0.15, 0.2) is 48.3 Å². The number of likely N-dealkylation sites (N-methyl/N-ethyl adjacent to an activating group) is 1. The molecule has 4 rings (SSSR count). The van der Waals surface area contributed by atoms with Crippen molar-refractivity contribution >= 4 is 11.8 Å². The number of hydrogen-bond acceptors (Lipinski definition) is 15. The molecule has 4 aliphatic heterocycles. The van der Waals surface area contributed by atoms with E-state index in [0.29, 0.717) is 12.8 Å². The van der Waals surface area contributed by atoms with Gasteiger partial charge in [0, 0.05) is 37.9 Å². The molecule has 2 saturated heterocycles. The minimum atomic E-state index is -1.23. The molecular formula is C43H69NO14. The fraction of sp³-hybridized carbons (Fsp3) is 0.767. The SMILES string of the molecule is CC[C@H]1OC(=O)C[C@H]2OC/C=C/CO/C=C\[C@@H](C[C@@H](C)C(=O)/C=C/C(C)=C/[C@@H]1CO[C@@H]1OC(C)[C@@H](O)[C@H](OC)C1OC)[C@H](O[C@@H]1OC(C)[C@@H](O)C(N(C)C)C1O)[C@H]2C. The molecule has 0 spiro atoms. The summed E-state index contributed by atoms with van der Waals surface area (Å²) in [6.45, 7) is 11.5. The van der Waals surface area contributed by atoms with E-state index in [1.165, 1.54) is 14.2 Å². The molecule has 4 aliphatic rings. The highest BCUT2D eigenvalue weighted by Crippen LogP contribution is 2.35. The smallest absolute Gasteiger partial charge is 0.308 e. The lowest BCUT2D eigenvalue weighted by atomic mass is 9.81. The number of nitrogens with zero attached hydrogens (tertiary/aromatic N) is 1. The van der Waals surface area contributed by atoms with Gasteiger partial charge in [0.05, 0.1) is 62.5 Å². The molecule has 15 nitrogen and oxygen atoms in total. The first-order chi connectivity index (χ1) is 27.6. The van der Waals surface area contributed by atoms with Crippen molar-refractivity contribution in [3.8, 4) is 0 Å². The maximum atomic E-state index is 14.1. The molecule has 4 heterocycles. The number of fused-ring (bicyclic) bond motifs is 3. The summed E-state index contributed by atoms with van der Waals surface area (Å²) in [5.74, 6) is -2.52. The standard InChI is InChI=1S/C43H69NO14/c1-11-32-30(23-54-43-41(51-10)40(50-9)37(48)28(6)56-43)20-24(2)14-15-31(45)25(3)21-29-16-19-52-17-12-13-18-53-33(22-34(46)57-32)26(4)39(29)58-42-38(49)35(44(7)8)36(47)27(5)55-42/h12-16,19-20,25-30,32-33,35-43,47-49H,11,17-18,21-23H2,1-10H3/b13-12+,15-14+,19-16-,24-20+/t25-,26+,27?,28?,29+,30-,32-,33-,35?,36-,37-,38?,39-,40+,41?,42+,43-/m1/s1. The van der Waals surface area contributed by atoms with E-state index in [-0.39, 0.29) is 32.0 Å². The van der Waals surface area contributed by atoms with Gasteiger partial charge in [-0.25, -0.2) is 0 Å². The predicted octanol–water partition coefficient (Wildman–Crippen LogP) is 3.10. The first-order valence-corrected chi connectivity index (χ1v) is 20.6. The van der Waals surface area contributed by atoms with Crippen molar-refractivity contribution < 1.29 is 67.5 Å². The van der Waals surface area contributed by atoms with Crippen LogP contribution in [0.2, 0.25) is 0 Å². The normalized spacial score (nSPS) is 43.9. The number of esters is 1. The molecule has 17 atom stereocenters. The van der Waals surface area contributed by atoms with Crippen LogP contribution in [-0.4, -0.2) is 160 Å². The Morgan fingerprint density at radius 1 is 0.862 bits per heavy atom. The second-order valence-electron chi connectivity index (χ2n) is 16.3. The number of hydrogen-bond donors (Lipinski definition) is 3. The first kappa shape index (κ1) is 48.1. The third kappa shape index (κ3) is 12.5. The van der Waals surface area contributed by atoms with Crippen molar-refractivity contribution in [1.82, 2.24) is 4.90 Å². The van der Waals surface area contributed by atoms with Gasteiger partial charge in [0.15, 0.2) is 18.4 Å². The number of cyclic esters (lactones) is 1. The second kappa shape index (κ2) is 22.9. The zero-order valence-corrected chi connectivity index (χ0v) is 35.9. The highest BCUT2D eigenvalue weighted by Gasteiger charge is 2.48. The van der Waals surface area contributed by atoms with Crippen molar-refractivity contribution in [2.45, 2.75) is 140 Å². The van der Waals surface area contributed by atoms with Gasteiger partial charge < -0.3 is 62.9 Å². The van der Waals surface area contributed by atoms with E-state index in [1.54, 1.807) is 51.3 Å². The third-order valence-corrected chi connectivity index (χ3v) is 11.8. The maximum Gasteiger partial charge on any atom is 0.308 e. The van der Waals surface area contributed by atoms with Crippen LogP contribution in [0.25, 0.3) is 0 Å². The number of aliphatic hydroxyl groups excluding tert-OH is 3. The summed E-state index contributed by atoms with van der Waals surface area (Å²) in [7, 11) is 6.53. The molecule has 58 heavy (non-hydrogen) atoms. The third-order valence-electron chi connectivity index (χ3n) is 11.8. The Labute approximate surface area is 344 Å². The average Bonchev–Trinajstić information content (AvgIpc) is 3.18. The molecule has 0 saturated carbocycles. The number of rotatable bonds is 9. The largest absolute Gasteiger partial charge is 0.497 e. The zero-order chi connectivity index (χ0) is 42.7. The fourth-order valence-corrected chi connectivity index (χ4v) is 8.28. The number of aliphatic hydroxyl groups is 3. The van der Waals surface area contributed by atoms with Crippen LogP contribution in [-0.2, 0) is 52.2 Å². The van der Waals surface area contributed by atoms with E-state index >= 15 is 0 Å². The van der Waals surface area contributed by atoms with E-state index in [0.717, 1.165) is 5.57 Å². The topological polar surface area (TPSA) is 181 Å². The van der Waals surface area contributed by atoms with E-state index in [4.69, 9.17) is 42.6 Å². The van der Waals surface area contributed by atoms with Gasteiger partial charge in [-0.15, -0.1) is 0 Å². The Hall–Kier alpha value is -2.54. The summed E-state index contributed by atoms with van der Waals surface area (Å²) >= 11 is 0. The molecule has 3 N–H and O–H groups in total. The van der Waals surface area contributed by atoms with Crippen molar-refractivity contribution in [3.63, 3.8) is 0 Å². The van der Waals surface area contributed by atoms with E-state index < -0.39 is 109 Å². The van der Waals surface area contributed by atoms with Crippen LogP contribution in [0, 0.1) is 23.7 Å². The number of carbonyl (C=O) groups excluding carboxylic acids is 2. The van der Waals surface area contributed by atoms with Gasteiger partial charge in [-0.2, -0.15) is 0 Å². The molecule has 0 aromatic rings. The average molecular weight is 824 g/mol. The summed E-state index contributed by atoms with van der Waals surface area (Å²) in [5.41, 5.74) is 0.757. The molecule has 2 bridgehead atoms. The molecule has 2 fully saturated rings. The Kier molecular flexibility index (Phi) is 19.0. The molecule has 5 unspecified atom stereocenters. The van der Waals surface area contributed by atoms with Crippen LogP contribution >= 0.6 is 0 Å². The summed E-state index contributed by atoms with van der Waals surface area (Å²) in [4.78, 5) is 29.6. The van der Waals surface area contributed by atoms with Gasteiger partial charge in [-0.3, -0.25) is 9.59 Å². The minimum Gasteiger partial charge on any atom is -0.497 e. The van der Waals surface area contributed by atoms with Crippen LogP contribution in [0.4, 0.5) is 0 Å². The van der Waals surface area contributed by atoms with Gasteiger partial charge in [0.25, 0.3) is 0 Å². The monoisotopic (exact) mass is 823 g/mol. The number of allylic oxidation sites excluding steroid dienone is 3. The number of methoxy groups -OCH3 is 2. The summed E-state index contributed by atoms with van der Waals surface area (Å²) in [6, 6.07) is -0.684. The van der Waals surface area contributed by atoms with Crippen molar-refractivity contribution in [3.05, 3.63) is 48.3 Å². The van der Waals surface area contributed by atoms with Crippen LogP contribution in [0.1, 0.15) is 60.8 Å². The molecule has 0 aromatic carbocycles. The highest BCUT2D eigenvalue weighted by molar-refractivity contribution is 5.91. The van der Waals surface area contributed by atoms with Crippen molar-refractivity contribution in [1.29, 1.82) is 0 Å². The lowest BCUT2D eigenvalue weighted by Gasteiger charge is -2.46. The van der Waals surface area contributed by atoms with Gasteiger partial charge in [0.2, 0.25) is 0 Å². The molecule has 15 heteroatoms. The number of ether oxygens (including phenoxy) is 9. The fourth-order valence-electron chi connectivity index (χ4n) is 8.28. The van der Waals surface area contributed by atoms with Crippen molar-refractivity contribution in [2.24, 2.45) is 23.7 Å². The quantitative estimate of drug-likeness (QED) is 0.228. The van der Waals surface area contributed by atoms with Crippen LogP contribution in [0.5, 0.6) is 0 Å². The maximum absolute atomic E-state index is 14.1. The molecular weight excluding hydrogens is 754 g/mol. The van der Waals surface area contributed by atoms with Gasteiger partial charge in [-0.05, 0) is 65.9 Å². The number of carbonyl (C=O) groups is 2. The minimum absolute atomic E-state index is 0.0585. The van der Waals surface area contributed by atoms with Gasteiger partial charge in [-0.1, -0.05) is 44.6 Å². The van der Waals surface area contributed by atoms with E-state index in [9.17, 15) is 24.9 Å². The lowest BCUT2D eigenvalue weighted by Crippen LogP contribution is -2.63. The molecule has 0 aliphatic carbocycles.